The molecule has 1 aliphatic heterocycles. The van der Waals surface area contributed by atoms with Crippen molar-refractivity contribution in [3.05, 3.63) is 0 Å². The monoisotopic (exact) mass is 201 g/mol. The lowest BCUT2D eigenvalue weighted by molar-refractivity contribution is -0.157. The zero-order valence-electron chi connectivity index (χ0n) is 8.82. The molecule has 0 aliphatic carbocycles. The van der Waals surface area contributed by atoms with E-state index in [1.165, 1.54) is 0 Å². The quantitative estimate of drug-likeness (QED) is 0.708. The smallest absolute Gasteiger partial charge is 0.332 e. The summed E-state index contributed by atoms with van der Waals surface area (Å²) in [5.41, 5.74) is 0. The first-order valence-corrected chi connectivity index (χ1v) is 5.24. The molecule has 14 heavy (non-hydrogen) atoms. The molecule has 0 aromatic heterocycles. The van der Waals surface area contributed by atoms with Crippen LogP contribution in [-0.2, 0) is 9.53 Å². The third-order valence-corrected chi connectivity index (χ3v) is 2.74. The molecular weight excluding hydrogens is 182 g/mol. The molecule has 82 valence electrons. The van der Waals surface area contributed by atoms with E-state index in [1.54, 1.807) is 0 Å². The van der Waals surface area contributed by atoms with Gasteiger partial charge in [0.25, 0.3) is 0 Å². The third-order valence-electron chi connectivity index (χ3n) is 2.74. The van der Waals surface area contributed by atoms with Gasteiger partial charge in [-0.2, -0.15) is 0 Å². The van der Waals surface area contributed by atoms with Crippen molar-refractivity contribution in [2.75, 3.05) is 13.1 Å². The second kappa shape index (κ2) is 5.32. The minimum absolute atomic E-state index is 0.0461. The number of hydrogen-bond donors (Lipinski definition) is 2. The Morgan fingerprint density at radius 1 is 1.71 bits per heavy atom. The van der Waals surface area contributed by atoms with Gasteiger partial charge in [-0.1, -0.05) is 13.8 Å². The molecule has 0 radical (unpaired) electrons. The Morgan fingerprint density at radius 2 is 2.43 bits per heavy atom. The summed E-state index contributed by atoms with van der Waals surface area (Å²) in [7, 11) is 0. The zero-order chi connectivity index (χ0) is 10.6. The second-order valence-electron chi connectivity index (χ2n) is 3.88. The van der Waals surface area contributed by atoms with Crippen molar-refractivity contribution in [1.29, 1.82) is 0 Å². The molecule has 0 aromatic carbocycles. The van der Waals surface area contributed by atoms with Crippen LogP contribution in [0.4, 0.5) is 0 Å². The maximum atomic E-state index is 10.8. The number of ether oxygens (including phenoxy) is 1. The summed E-state index contributed by atoms with van der Waals surface area (Å²) in [5, 5.41) is 12.1. The fraction of sp³-hybridized carbons (Fsp3) is 0.900. The number of nitrogens with one attached hydrogen (secondary N) is 1. The first-order valence-electron chi connectivity index (χ1n) is 5.24. The van der Waals surface area contributed by atoms with Gasteiger partial charge in [-0.25, -0.2) is 4.79 Å². The maximum absolute atomic E-state index is 10.8. The molecule has 0 saturated carbocycles. The van der Waals surface area contributed by atoms with Crippen molar-refractivity contribution in [1.82, 2.24) is 5.32 Å². The molecule has 0 aromatic rings. The number of carboxylic acids is 1. The minimum atomic E-state index is -0.856. The SMILES string of the molecule is CCC(OC1CNCCC1C)C(=O)O. The number of carboxylic acid groups (broad SMARTS) is 1. The number of piperidine rings is 1. The van der Waals surface area contributed by atoms with Crippen molar-refractivity contribution in [3.63, 3.8) is 0 Å². The molecular formula is C10H19NO3. The molecule has 4 nitrogen and oxygen atoms in total. The number of carbonyl (C=O) groups is 1. The van der Waals surface area contributed by atoms with Crippen molar-refractivity contribution in [3.8, 4) is 0 Å². The highest BCUT2D eigenvalue weighted by Crippen LogP contribution is 2.17. The van der Waals surface area contributed by atoms with E-state index in [4.69, 9.17) is 9.84 Å². The Balaban J connectivity index is 2.43. The summed E-state index contributed by atoms with van der Waals surface area (Å²) < 4.78 is 5.55. The van der Waals surface area contributed by atoms with E-state index in [0.717, 1.165) is 19.5 Å². The third kappa shape index (κ3) is 2.96. The summed E-state index contributed by atoms with van der Waals surface area (Å²) in [6.07, 6.45) is 0.978. The maximum Gasteiger partial charge on any atom is 0.332 e. The topological polar surface area (TPSA) is 58.6 Å². The van der Waals surface area contributed by atoms with Gasteiger partial charge < -0.3 is 15.2 Å². The lowest BCUT2D eigenvalue weighted by Crippen LogP contribution is -2.44. The van der Waals surface area contributed by atoms with E-state index in [9.17, 15) is 4.79 Å². The van der Waals surface area contributed by atoms with Gasteiger partial charge in [0.1, 0.15) is 0 Å². The fourth-order valence-electron chi connectivity index (χ4n) is 1.68. The van der Waals surface area contributed by atoms with Crippen molar-refractivity contribution in [2.24, 2.45) is 5.92 Å². The van der Waals surface area contributed by atoms with Gasteiger partial charge in [0.05, 0.1) is 6.10 Å². The first-order chi connectivity index (χ1) is 6.65. The van der Waals surface area contributed by atoms with Gasteiger partial charge in [-0.05, 0) is 25.3 Å². The van der Waals surface area contributed by atoms with Crippen molar-refractivity contribution >= 4 is 5.97 Å². The normalized spacial score (nSPS) is 29.9. The van der Waals surface area contributed by atoms with Gasteiger partial charge >= 0.3 is 5.97 Å². The fourth-order valence-corrected chi connectivity index (χ4v) is 1.68. The average molecular weight is 201 g/mol. The Morgan fingerprint density at radius 3 is 2.93 bits per heavy atom. The van der Waals surface area contributed by atoms with Crippen LogP contribution < -0.4 is 5.32 Å². The van der Waals surface area contributed by atoms with Crippen LogP contribution in [0.2, 0.25) is 0 Å². The van der Waals surface area contributed by atoms with E-state index in [0.29, 0.717) is 12.3 Å². The Kier molecular flexibility index (Phi) is 4.35. The minimum Gasteiger partial charge on any atom is -0.479 e. The van der Waals surface area contributed by atoms with Gasteiger partial charge in [0, 0.05) is 6.54 Å². The standard InChI is InChI=1S/C10H19NO3/c1-3-8(10(12)13)14-9-6-11-5-4-7(9)2/h7-9,11H,3-6H2,1-2H3,(H,12,13). The van der Waals surface area contributed by atoms with Crippen LogP contribution in [0.3, 0.4) is 0 Å². The number of rotatable bonds is 4. The van der Waals surface area contributed by atoms with Gasteiger partial charge in [-0.3, -0.25) is 0 Å². The molecule has 4 heteroatoms. The molecule has 0 spiro atoms. The van der Waals surface area contributed by atoms with Crippen LogP contribution in [0.25, 0.3) is 0 Å². The molecule has 1 heterocycles. The summed E-state index contributed by atoms with van der Waals surface area (Å²) in [5.74, 6) is -0.407. The molecule has 0 amide bonds. The number of aliphatic carboxylic acids is 1. The zero-order valence-corrected chi connectivity index (χ0v) is 8.82. The van der Waals surface area contributed by atoms with Crippen LogP contribution in [0.1, 0.15) is 26.7 Å². The molecule has 3 atom stereocenters. The summed E-state index contributed by atoms with van der Waals surface area (Å²) in [6, 6.07) is 0. The van der Waals surface area contributed by atoms with Crippen molar-refractivity contribution < 1.29 is 14.6 Å². The van der Waals surface area contributed by atoms with Crippen LogP contribution in [0.5, 0.6) is 0 Å². The lowest BCUT2D eigenvalue weighted by Gasteiger charge is -2.31. The first kappa shape index (κ1) is 11.5. The van der Waals surface area contributed by atoms with Crippen LogP contribution in [-0.4, -0.2) is 36.4 Å². The largest absolute Gasteiger partial charge is 0.479 e. The molecule has 1 aliphatic rings. The van der Waals surface area contributed by atoms with Gasteiger partial charge in [0.15, 0.2) is 6.10 Å². The van der Waals surface area contributed by atoms with E-state index in [2.05, 4.69) is 12.2 Å². The molecule has 1 rings (SSSR count). The van der Waals surface area contributed by atoms with Crippen molar-refractivity contribution in [2.45, 2.75) is 38.9 Å². The molecule has 1 saturated heterocycles. The average Bonchev–Trinajstić information content (AvgIpc) is 2.16. The summed E-state index contributed by atoms with van der Waals surface area (Å²) in [4.78, 5) is 10.8. The van der Waals surface area contributed by atoms with E-state index >= 15 is 0 Å². The predicted octanol–water partition coefficient (Wildman–Crippen LogP) is 0.864. The Bertz CT molecular complexity index is 196. The Hall–Kier alpha value is -0.610. The van der Waals surface area contributed by atoms with Gasteiger partial charge in [0.2, 0.25) is 0 Å². The molecule has 1 fully saturated rings. The predicted molar refractivity (Wildman–Crippen MR) is 53.2 cm³/mol. The van der Waals surface area contributed by atoms with Crippen LogP contribution >= 0.6 is 0 Å². The van der Waals surface area contributed by atoms with Crippen LogP contribution in [0, 0.1) is 5.92 Å². The van der Waals surface area contributed by atoms with E-state index in [-0.39, 0.29) is 6.10 Å². The second-order valence-corrected chi connectivity index (χ2v) is 3.88. The molecule has 2 N–H and O–H groups in total. The lowest BCUT2D eigenvalue weighted by atomic mass is 9.97. The highest BCUT2D eigenvalue weighted by Gasteiger charge is 2.27. The highest BCUT2D eigenvalue weighted by atomic mass is 16.5. The number of hydrogen-bond acceptors (Lipinski definition) is 3. The Labute approximate surface area is 84.6 Å². The van der Waals surface area contributed by atoms with Gasteiger partial charge in [-0.15, -0.1) is 0 Å². The van der Waals surface area contributed by atoms with Crippen LogP contribution in [0.15, 0.2) is 0 Å². The molecule has 0 bridgehead atoms. The summed E-state index contributed by atoms with van der Waals surface area (Å²) in [6.45, 7) is 5.72. The summed E-state index contributed by atoms with van der Waals surface area (Å²) >= 11 is 0. The highest BCUT2D eigenvalue weighted by molar-refractivity contribution is 5.72. The molecule has 3 unspecified atom stereocenters. The van der Waals surface area contributed by atoms with E-state index in [1.807, 2.05) is 6.92 Å². The van der Waals surface area contributed by atoms with E-state index < -0.39 is 12.1 Å².